The maximum Gasteiger partial charge on any atom is 0.191 e. The highest BCUT2D eigenvalue weighted by Crippen LogP contribution is 2.54. The van der Waals surface area contributed by atoms with Gasteiger partial charge in [-0.1, -0.05) is 19.1 Å². The van der Waals surface area contributed by atoms with Crippen LogP contribution < -0.4 is 5.73 Å². The van der Waals surface area contributed by atoms with E-state index in [1.165, 1.54) is 6.07 Å². The van der Waals surface area contributed by atoms with Crippen LogP contribution in [0.1, 0.15) is 24.8 Å². The smallest absolute Gasteiger partial charge is 0.191 e. The Hall–Kier alpha value is -3.21. The van der Waals surface area contributed by atoms with Crippen LogP contribution in [0.15, 0.2) is 41.1 Å². The molecule has 0 spiro atoms. The van der Waals surface area contributed by atoms with Crippen LogP contribution in [0.3, 0.4) is 0 Å². The molecule has 1 heterocycles. The van der Waals surface area contributed by atoms with Crippen molar-refractivity contribution in [1.82, 2.24) is 4.90 Å². The first-order valence-corrected chi connectivity index (χ1v) is 9.04. The summed E-state index contributed by atoms with van der Waals surface area (Å²) in [7, 11) is 0. The first kappa shape index (κ1) is 19.5. The Morgan fingerprint density at radius 2 is 1.96 bits per heavy atom. The van der Waals surface area contributed by atoms with Gasteiger partial charge in [-0.2, -0.15) is 15.8 Å². The number of hydrogen-bond donors (Lipinski definition) is 1. The molecule has 1 aromatic rings. The third-order valence-corrected chi connectivity index (χ3v) is 5.58. The van der Waals surface area contributed by atoms with E-state index < -0.39 is 28.9 Å². The van der Waals surface area contributed by atoms with E-state index in [9.17, 15) is 24.6 Å². The molecule has 1 aliphatic carbocycles. The van der Waals surface area contributed by atoms with E-state index in [4.69, 9.17) is 5.73 Å². The van der Waals surface area contributed by atoms with E-state index in [1.54, 1.807) is 0 Å². The van der Waals surface area contributed by atoms with Crippen LogP contribution in [0.4, 0.5) is 8.78 Å². The lowest BCUT2D eigenvalue weighted by Gasteiger charge is -2.45. The summed E-state index contributed by atoms with van der Waals surface area (Å²) in [5, 5.41) is 29.5. The van der Waals surface area contributed by atoms with Gasteiger partial charge in [0.2, 0.25) is 0 Å². The molecule has 0 saturated carbocycles. The molecule has 142 valence electrons. The molecule has 0 saturated heterocycles. The third-order valence-electron chi connectivity index (χ3n) is 5.58. The minimum absolute atomic E-state index is 0.0543. The summed E-state index contributed by atoms with van der Waals surface area (Å²) in [5.74, 6) is -3.02. The lowest BCUT2D eigenvalue weighted by atomic mass is 9.58. The summed E-state index contributed by atoms with van der Waals surface area (Å²) in [5.41, 5.74) is 4.87. The number of benzene rings is 1. The molecular formula is C21H19F2N5. The zero-order valence-electron chi connectivity index (χ0n) is 15.4. The fourth-order valence-corrected chi connectivity index (χ4v) is 4.34. The number of rotatable bonds is 3. The Morgan fingerprint density at radius 3 is 2.54 bits per heavy atom. The summed E-state index contributed by atoms with van der Waals surface area (Å²) in [6, 6.07) is 9.04. The Morgan fingerprint density at radius 1 is 1.25 bits per heavy atom. The molecule has 2 aliphatic rings. The normalized spacial score (nSPS) is 23.8. The molecule has 7 heteroatoms. The van der Waals surface area contributed by atoms with Crippen molar-refractivity contribution >= 4 is 0 Å². The zero-order valence-corrected chi connectivity index (χ0v) is 15.4. The fraction of sp³-hybridized carbons (Fsp3) is 0.381. The number of nitrogens with two attached hydrogens (primary N) is 1. The highest BCUT2D eigenvalue weighted by molar-refractivity contribution is 5.59. The SMILES string of the molecule is CCCN1CC=C2C(C#N)=C(N)C(C#N)(C#N)[C@@H](c3ccc(F)cc3F)[C@@H]2C1. The molecule has 3 rings (SSSR count). The molecule has 0 amide bonds. The van der Waals surface area contributed by atoms with Crippen LogP contribution in [0, 0.1) is 57.0 Å². The molecule has 2 atom stereocenters. The van der Waals surface area contributed by atoms with Crippen molar-refractivity contribution in [3.05, 3.63) is 58.3 Å². The van der Waals surface area contributed by atoms with Crippen molar-refractivity contribution in [3.63, 3.8) is 0 Å². The number of nitrogens with zero attached hydrogens (tertiary/aromatic N) is 4. The molecule has 5 nitrogen and oxygen atoms in total. The molecule has 0 unspecified atom stereocenters. The van der Waals surface area contributed by atoms with E-state index in [2.05, 4.69) is 4.90 Å². The minimum atomic E-state index is -1.92. The predicted octanol–water partition coefficient (Wildman–Crippen LogP) is 3.10. The van der Waals surface area contributed by atoms with Crippen molar-refractivity contribution in [2.24, 2.45) is 17.1 Å². The summed E-state index contributed by atoms with van der Waals surface area (Å²) in [4.78, 5) is 2.12. The number of allylic oxidation sites excluding steroid dienone is 2. The average Bonchev–Trinajstić information content (AvgIpc) is 2.68. The summed E-state index contributed by atoms with van der Waals surface area (Å²) >= 11 is 0. The molecule has 28 heavy (non-hydrogen) atoms. The van der Waals surface area contributed by atoms with Crippen molar-refractivity contribution in [2.45, 2.75) is 19.3 Å². The van der Waals surface area contributed by atoms with E-state index in [0.717, 1.165) is 25.1 Å². The van der Waals surface area contributed by atoms with E-state index >= 15 is 0 Å². The van der Waals surface area contributed by atoms with Gasteiger partial charge in [0.05, 0.1) is 23.4 Å². The van der Waals surface area contributed by atoms with Gasteiger partial charge in [-0.15, -0.1) is 0 Å². The molecule has 0 radical (unpaired) electrons. The number of nitriles is 3. The second-order valence-electron chi connectivity index (χ2n) is 7.10. The third kappa shape index (κ3) is 2.83. The van der Waals surface area contributed by atoms with Crippen LogP contribution in [0.2, 0.25) is 0 Å². The van der Waals surface area contributed by atoms with Gasteiger partial charge in [0, 0.05) is 31.0 Å². The fourth-order valence-electron chi connectivity index (χ4n) is 4.34. The van der Waals surface area contributed by atoms with Crippen molar-refractivity contribution in [1.29, 1.82) is 15.8 Å². The number of halogens is 2. The van der Waals surface area contributed by atoms with E-state index in [1.807, 2.05) is 31.2 Å². The van der Waals surface area contributed by atoms with Crippen LogP contribution in [0.25, 0.3) is 0 Å². The van der Waals surface area contributed by atoms with Crippen molar-refractivity contribution in [3.8, 4) is 18.2 Å². The standard InChI is InChI=1S/C21H19F2N5/c1-2-6-28-7-5-14-16(9-24)20(27)21(11-25,12-26)19(17(14)10-28)15-4-3-13(22)8-18(15)23/h3-5,8,17,19H,2,6-7,10,27H2,1H3/t17-,19+/m1/s1. The second-order valence-corrected chi connectivity index (χ2v) is 7.10. The van der Waals surface area contributed by atoms with Crippen LogP contribution in [0.5, 0.6) is 0 Å². The Balaban J connectivity index is 2.30. The van der Waals surface area contributed by atoms with Gasteiger partial charge in [-0.3, -0.25) is 4.90 Å². The zero-order chi connectivity index (χ0) is 20.5. The predicted molar refractivity (Wildman–Crippen MR) is 97.9 cm³/mol. The van der Waals surface area contributed by atoms with Gasteiger partial charge in [0.25, 0.3) is 0 Å². The van der Waals surface area contributed by atoms with Gasteiger partial charge in [0.15, 0.2) is 5.41 Å². The van der Waals surface area contributed by atoms with Crippen molar-refractivity contribution in [2.75, 3.05) is 19.6 Å². The lowest BCUT2D eigenvalue weighted by Crippen LogP contribution is -2.48. The minimum Gasteiger partial charge on any atom is -0.399 e. The quantitative estimate of drug-likeness (QED) is 0.870. The molecule has 0 fully saturated rings. The highest BCUT2D eigenvalue weighted by Gasteiger charge is 2.55. The Kier molecular flexibility index (Phi) is 5.18. The topological polar surface area (TPSA) is 101 Å². The van der Waals surface area contributed by atoms with Gasteiger partial charge >= 0.3 is 0 Å². The maximum atomic E-state index is 14.7. The van der Waals surface area contributed by atoms with Crippen LogP contribution >= 0.6 is 0 Å². The van der Waals surface area contributed by atoms with Gasteiger partial charge in [0.1, 0.15) is 17.7 Å². The van der Waals surface area contributed by atoms with Gasteiger partial charge in [-0.25, -0.2) is 8.78 Å². The molecule has 0 bridgehead atoms. The molecule has 0 aromatic heterocycles. The molecular weight excluding hydrogens is 360 g/mol. The summed E-state index contributed by atoms with van der Waals surface area (Å²) in [6.07, 6.45) is 2.76. The maximum absolute atomic E-state index is 14.7. The van der Waals surface area contributed by atoms with E-state index in [0.29, 0.717) is 18.7 Å². The first-order valence-electron chi connectivity index (χ1n) is 9.04. The van der Waals surface area contributed by atoms with Gasteiger partial charge < -0.3 is 5.73 Å². The lowest BCUT2D eigenvalue weighted by molar-refractivity contribution is 0.205. The highest BCUT2D eigenvalue weighted by atomic mass is 19.1. The molecule has 1 aromatic carbocycles. The number of fused-ring (bicyclic) bond motifs is 1. The Labute approximate surface area is 162 Å². The van der Waals surface area contributed by atoms with Crippen molar-refractivity contribution < 1.29 is 8.78 Å². The largest absolute Gasteiger partial charge is 0.399 e. The monoisotopic (exact) mass is 379 g/mol. The molecule has 1 aliphatic heterocycles. The Bertz CT molecular complexity index is 976. The molecule has 2 N–H and O–H groups in total. The summed E-state index contributed by atoms with van der Waals surface area (Å²) < 4.78 is 28.2. The van der Waals surface area contributed by atoms with Crippen LogP contribution in [-0.4, -0.2) is 24.5 Å². The number of hydrogen-bond acceptors (Lipinski definition) is 5. The van der Waals surface area contributed by atoms with Gasteiger partial charge in [-0.05, 0) is 30.2 Å². The second kappa shape index (κ2) is 7.43. The average molecular weight is 379 g/mol. The first-order chi connectivity index (χ1) is 13.4. The summed E-state index contributed by atoms with van der Waals surface area (Å²) in [6.45, 7) is 3.87. The van der Waals surface area contributed by atoms with E-state index in [-0.39, 0.29) is 16.8 Å². The van der Waals surface area contributed by atoms with Crippen LogP contribution in [-0.2, 0) is 0 Å².